The molecule has 4 aromatic rings. The number of anilines is 1. The smallest absolute Gasteiger partial charge is 0.195 e. The molecule has 3 saturated heterocycles. The molecule has 0 saturated carbocycles. The molecular weight excluding hydrogens is 964 g/mol. The van der Waals surface area contributed by atoms with E-state index in [1.165, 1.54) is 23.9 Å². The van der Waals surface area contributed by atoms with Gasteiger partial charge < -0.3 is 24.8 Å². The molecule has 0 aliphatic carbocycles. The number of hydrogen-bond acceptors (Lipinski definition) is 11. The minimum Gasteiger partial charge on any atom is -0.389 e. The van der Waals surface area contributed by atoms with E-state index in [1.54, 1.807) is 6.92 Å². The second kappa shape index (κ2) is 27.9. The van der Waals surface area contributed by atoms with Crippen LogP contribution >= 0.6 is 60.1 Å². The van der Waals surface area contributed by atoms with Crippen LogP contribution in [0.3, 0.4) is 0 Å². The van der Waals surface area contributed by atoms with Gasteiger partial charge in [-0.1, -0.05) is 96.3 Å². The summed E-state index contributed by atoms with van der Waals surface area (Å²) >= 11 is 11.0. The third kappa shape index (κ3) is 18.2. The fourth-order valence-corrected chi connectivity index (χ4v) is 8.27. The minimum atomic E-state index is -0.377. The van der Waals surface area contributed by atoms with Crippen LogP contribution in [0.1, 0.15) is 74.2 Å². The lowest BCUT2D eigenvalue weighted by molar-refractivity contribution is -0.168. The van der Waals surface area contributed by atoms with E-state index in [-0.39, 0.29) is 12.2 Å². The van der Waals surface area contributed by atoms with Gasteiger partial charge in [-0.25, -0.2) is 4.89 Å². The molecule has 14 heteroatoms. The van der Waals surface area contributed by atoms with Gasteiger partial charge in [0.05, 0.1) is 45.7 Å². The molecule has 324 valence electrons. The first-order chi connectivity index (χ1) is 28.5. The van der Waals surface area contributed by atoms with Gasteiger partial charge in [-0.15, -0.1) is 4.33 Å². The Morgan fingerprint density at radius 1 is 0.610 bits per heavy atom. The summed E-state index contributed by atoms with van der Waals surface area (Å²) in [6.07, 6.45) is -0.426. The highest BCUT2D eigenvalue weighted by atomic mass is 79.9. The molecule has 10 nitrogen and oxygen atoms in total. The number of rotatable bonds is 11. The summed E-state index contributed by atoms with van der Waals surface area (Å²) in [6, 6.07) is 34.1. The van der Waals surface area contributed by atoms with Crippen LogP contribution in [0, 0.1) is 0 Å². The van der Waals surface area contributed by atoms with E-state index in [0.717, 1.165) is 116 Å². The highest BCUT2D eigenvalue weighted by molar-refractivity contribution is 9.11. The molecule has 0 amide bonds. The third-order valence-electron chi connectivity index (χ3n) is 10.3. The number of ether oxygens (including phenoxy) is 2. The number of halogens is 3. The molecule has 4 aromatic carbocycles. The van der Waals surface area contributed by atoms with Crippen molar-refractivity contribution in [2.75, 3.05) is 90.8 Å². The highest BCUT2D eigenvalue weighted by Gasteiger charge is 2.20. The molecule has 0 radical (unpaired) electrons. The minimum absolute atomic E-state index is 0.0485. The van der Waals surface area contributed by atoms with Crippen LogP contribution in [0.2, 0.25) is 0 Å². The topological polar surface area (TPSA) is 88.1 Å². The van der Waals surface area contributed by atoms with E-state index in [4.69, 9.17) is 18.8 Å². The van der Waals surface area contributed by atoms with Crippen LogP contribution < -0.4 is 10.2 Å². The van der Waals surface area contributed by atoms with Gasteiger partial charge in [-0.05, 0) is 98.5 Å². The molecule has 0 spiro atoms. The summed E-state index contributed by atoms with van der Waals surface area (Å²) in [6.45, 7) is 20.2. The molecule has 3 fully saturated rings. The standard InChI is InChI=1S/C16H25N3O.C12H16BrNO.C9H11BrO3S.C8H9BrO/c1-14(18-9-11-20-12-10-18)15-3-2-4-16(13-15)19-7-5-17-6-8-19;1-10(14-5-7-15-8-6-14)11-3-2-4-12(13)9-11;1-7(12-14-13-11-2)8-4-3-5-9(10)6-8;1-6(10)7-3-2-4-8(9)5-7/h2-4,13-14,17H,5-12H2,1H3;2-4,9-10H,5-8H2,1H3;3-7H,1-2H3;2-6,10H,1H3. The lowest BCUT2D eigenvalue weighted by Gasteiger charge is -2.34. The Labute approximate surface area is 382 Å². The molecule has 4 unspecified atom stereocenters. The van der Waals surface area contributed by atoms with Gasteiger partial charge in [0.2, 0.25) is 0 Å². The second-order valence-electron chi connectivity index (χ2n) is 14.4. The van der Waals surface area contributed by atoms with Crippen LogP contribution in [-0.4, -0.2) is 101 Å². The summed E-state index contributed by atoms with van der Waals surface area (Å²) in [5.41, 5.74) is 6.17. The van der Waals surface area contributed by atoms with Crippen molar-refractivity contribution >= 4 is 65.8 Å². The van der Waals surface area contributed by atoms with Crippen LogP contribution in [0.4, 0.5) is 5.69 Å². The first kappa shape index (κ1) is 49.8. The molecule has 7 rings (SSSR count). The number of aliphatic hydroxyl groups is 1. The van der Waals surface area contributed by atoms with Gasteiger partial charge in [0.1, 0.15) is 0 Å². The van der Waals surface area contributed by atoms with E-state index >= 15 is 0 Å². The number of aliphatic hydroxyl groups excluding tert-OH is 1. The maximum atomic E-state index is 9.13. The number of nitrogens with one attached hydrogen (secondary N) is 1. The average molecular weight is 1030 g/mol. The van der Waals surface area contributed by atoms with E-state index in [0.29, 0.717) is 12.1 Å². The molecule has 4 atom stereocenters. The number of nitrogens with zero attached hydrogens (tertiary/aromatic N) is 3. The number of piperazine rings is 1. The van der Waals surface area contributed by atoms with Crippen molar-refractivity contribution in [3.63, 3.8) is 0 Å². The van der Waals surface area contributed by atoms with E-state index < -0.39 is 0 Å². The third-order valence-corrected chi connectivity index (χ3v) is 12.3. The van der Waals surface area contributed by atoms with E-state index in [9.17, 15) is 0 Å². The quantitative estimate of drug-likeness (QED) is 0.0652. The Kier molecular flexibility index (Phi) is 23.6. The monoisotopic (exact) mass is 1020 g/mol. The van der Waals surface area contributed by atoms with Crippen molar-refractivity contribution in [2.45, 2.75) is 52.0 Å². The van der Waals surface area contributed by atoms with E-state index in [2.05, 4.69) is 139 Å². The lowest BCUT2D eigenvalue weighted by Crippen LogP contribution is -2.43. The number of benzene rings is 4. The summed E-state index contributed by atoms with van der Waals surface area (Å²) < 4.78 is 23.8. The molecule has 0 bridgehead atoms. The van der Waals surface area contributed by atoms with Crippen molar-refractivity contribution in [2.24, 2.45) is 0 Å². The summed E-state index contributed by atoms with van der Waals surface area (Å²) in [7, 11) is 1.43. The second-order valence-corrected chi connectivity index (χ2v) is 17.6. The summed E-state index contributed by atoms with van der Waals surface area (Å²) in [5, 5.41) is 12.5. The largest absolute Gasteiger partial charge is 0.389 e. The summed E-state index contributed by atoms with van der Waals surface area (Å²) in [4.78, 5) is 11.8. The Bertz CT molecular complexity index is 1760. The van der Waals surface area contributed by atoms with Crippen molar-refractivity contribution in [1.82, 2.24) is 15.1 Å². The first-order valence-electron chi connectivity index (χ1n) is 20.2. The number of hydrogen-bond donors (Lipinski definition) is 2. The molecule has 2 N–H and O–H groups in total. The van der Waals surface area contributed by atoms with Gasteiger partial charge in [-0.2, -0.15) is 0 Å². The lowest BCUT2D eigenvalue weighted by atomic mass is 10.1. The van der Waals surface area contributed by atoms with E-state index in [1.807, 2.05) is 55.5 Å². The van der Waals surface area contributed by atoms with Gasteiger partial charge in [0, 0.05) is 83.5 Å². The van der Waals surface area contributed by atoms with Crippen molar-refractivity contribution in [3.05, 3.63) is 133 Å². The fourth-order valence-electron chi connectivity index (χ4n) is 6.71. The summed E-state index contributed by atoms with van der Waals surface area (Å²) in [5.74, 6) is 0. The molecule has 0 aromatic heterocycles. The Hall–Kier alpha value is -1.89. The average Bonchev–Trinajstić information content (AvgIpc) is 3.27. The zero-order chi connectivity index (χ0) is 42.4. The predicted octanol–water partition coefficient (Wildman–Crippen LogP) is 10.5. The SMILES string of the molecule is CC(O)c1cccc(Br)c1.CC(c1cccc(Br)c1)N1CCOCC1.CC(c1cccc(N2CCNCC2)c1)N1CCOCC1.COOSOC(C)c1cccc(Br)c1. The molecular formula is C45H61Br3N4O6S. The molecule has 3 heterocycles. The normalized spacial score (nSPS) is 18.1. The Morgan fingerprint density at radius 3 is 1.53 bits per heavy atom. The highest BCUT2D eigenvalue weighted by Crippen LogP contribution is 2.27. The van der Waals surface area contributed by atoms with Gasteiger partial charge >= 0.3 is 0 Å². The van der Waals surface area contributed by atoms with Crippen LogP contribution in [0.5, 0.6) is 0 Å². The zero-order valence-corrected chi connectivity index (χ0v) is 40.5. The van der Waals surface area contributed by atoms with Crippen LogP contribution in [0.15, 0.2) is 110 Å². The predicted molar refractivity (Wildman–Crippen MR) is 251 cm³/mol. The van der Waals surface area contributed by atoms with Crippen molar-refractivity contribution in [3.8, 4) is 0 Å². The van der Waals surface area contributed by atoms with Gasteiger partial charge in [-0.3, -0.25) is 14.0 Å². The van der Waals surface area contributed by atoms with Gasteiger partial charge in [0.25, 0.3) is 0 Å². The van der Waals surface area contributed by atoms with Crippen LogP contribution in [0.25, 0.3) is 0 Å². The maximum absolute atomic E-state index is 9.13. The fraction of sp³-hybridized carbons (Fsp3) is 0.467. The maximum Gasteiger partial charge on any atom is 0.195 e. The molecule has 3 aliphatic heterocycles. The van der Waals surface area contributed by atoms with Crippen molar-refractivity contribution < 1.29 is 28.0 Å². The molecule has 59 heavy (non-hydrogen) atoms. The zero-order valence-electron chi connectivity index (χ0n) is 34.9. The van der Waals surface area contributed by atoms with Crippen molar-refractivity contribution in [1.29, 1.82) is 0 Å². The first-order valence-corrected chi connectivity index (χ1v) is 23.3. The number of morpholine rings is 2. The molecule has 3 aliphatic rings. The Balaban J connectivity index is 0.000000179. The Morgan fingerprint density at radius 2 is 1.05 bits per heavy atom. The van der Waals surface area contributed by atoms with Crippen LogP contribution in [-0.2, 0) is 22.9 Å². The van der Waals surface area contributed by atoms with Gasteiger partial charge in [0.15, 0.2) is 12.3 Å².